The third-order valence-corrected chi connectivity index (χ3v) is 4.65. The molecule has 108 valence electrons. The lowest BCUT2D eigenvalue weighted by Crippen LogP contribution is -2.51. The average Bonchev–Trinajstić information content (AvgIpc) is 3.16. The summed E-state index contributed by atoms with van der Waals surface area (Å²) in [6.45, 7) is 0.578. The van der Waals surface area contributed by atoms with Gasteiger partial charge in [0.05, 0.1) is 0 Å². The number of aromatic nitrogens is 3. The Morgan fingerprint density at radius 2 is 1.86 bits per heavy atom. The van der Waals surface area contributed by atoms with Crippen LogP contribution in [0.3, 0.4) is 0 Å². The Kier molecular flexibility index (Phi) is 2.49. The fraction of sp³-hybridized carbons (Fsp3) is 0.222. The normalized spacial score (nSPS) is 22.0. The Balaban J connectivity index is 1.64. The molecule has 4 nitrogen and oxygen atoms in total. The molecule has 2 aromatic carbocycles. The third kappa shape index (κ3) is 1.67. The van der Waals surface area contributed by atoms with E-state index in [4.69, 9.17) is 9.84 Å². The first-order valence-corrected chi connectivity index (χ1v) is 7.65. The number of para-hydroxylation sites is 1. The van der Waals surface area contributed by atoms with Gasteiger partial charge in [0.25, 0.3) is 0 Å². The maximum Gasteiger partial charge on any atom is 0.304 e. The van der Waals surface area contributed by atoms with E-state index in [1.165, 1.54) is 11.1 Å². The topological polar surface area (TPSA) is 30.9 Å². The SMILES string of the molecule is c1ccc(-n2c[n+]3c(n2)CO[C@@H]2Cc4ccccc4[C@@H]23)cc1. The molecule has 2 aliphatic rings. The van der Waals surface area contributed by atoms with Crippen molar-refractivity contribution in [3.05, 3.63) is 77.9 Å². The predicted molar refractivity (Wildman–Crippen MR) is 80.6 cm³/mol. The summed E-state index contributed by atoms with van der Waals surface area (Å²) in [7, 11) is 0. The molecule has 3 aromatic rings. The highest BCUT2D eigenvalue weighted by atomic mass is 16.5. The zero-order valence-electron chi connectivity index (χ0n) is 12.1. The highest BCUT2D eigenvalue weighted by Crippen LogP contribution is 2.35. The number of hydrogen-bond acceptors (Lipinski definition) is 2. The fourth-order valence-electron chi connectivity index (χ4n) is 3.63. The molecule has 0 amide bonds. The molecule has 1 aliphatic carbocycles. The van der Waals surface area contributed by atoms with Crippen LogP contribution in [0.25, 0.3) is 5.69 Å². The minimum atomic E-state index is 0.225. The Hall–Kier alpha value is -2.46. The largest absolute Gasteiger partial charge is 0.363 e. The van der Waals surface area contributed by atoms with Gasteiger partial charge in [0, 0.05) is 11.5 Å². The van der Waals surface area contributed by atoms with Gasteiger partial charge in [-0.3, -0.25) is 0 Å². The molecule has 0 saturated carbocycles. The number of ether oxygens (including phenoxy) is 1. The summed E-state index contributed by atoms with van der Waals surface area (Å²) in [5.41, 5.74) is 3.84. The lowest BCUT2D eigenvalue weighted by molar-refractivity contribution is -0.739. The smallest absolute Gasteiger partial charge is 0.304 e. The Bertz CT molecular complexity index is 841. The van der Waals surface area contributed by atoms with Gasteiger partial charge in [-0.05, 0) is 23.3 Å². The van der Waals surface area contributed by atoms with E-state index in [0.29, 0.717) is 6.61 Å². The van der Waals surface area contributed by atoms with Crippen molar-refractivity contribution in [2.75, 3.05) is 0 Å². The molecular weight excluding hydrogens is 274 g/mol. The van der Waals surface area contributed by atoms with Crippen LogP contribution in [0.4, 0.5) is 0 Å². The van der Waals surface area contributed by atoms with E-state index in [0.717, 1.165) is 17.9 Å². The molecule has 4 heteroatoms. The molecule has 0 saturated heterocycles. The highest BCUT2D eigenvalue weighted by molar-refractivity contribution is 5.35. The minimum Gasteiger partial charge on any atom is -0.363 e. The molecule has 2 heterocycles. The predicted octanol–water partition coefficient (Wildman–Crippen LogP) is 2.20. The van der Waals surface area contributed by atoms with Gasteiger partial charge in [0.15, 0.2) is 0 Å². The quantitative estimate of drug-likeness (QED) is 0.643. The molecule has 2 atom stereocenters. The summed E-state index contributed by atoms with van der Waals surface area (Å²) in [6.07, 6.45) is 3.32. The van der Waals surface area contributed by atoms with Gasteiger partial charge in [-0.1, -0.05) is 47.1 Å². The van der Waals surface area contributed by atoms with Crippen molar-refractivity contribution in [3.8, 4) is 5.69 Å². The summed E-state index contributed by atoms with van der Waals surface area (Å²) in [4.78, 5) is 0. The number of rotatable bonds is 1. The van der Waals surface area contributed by atoms with Crippen molar-refractivity contribution in [1.82, 2.24) is 9.78 Å². The van der Waals surface area contributed by atoms with Crippen molar-refractivity contribution < 1.29 is 9.30 Å². The average molecular weight is 290 g/mol. The van der Waals surface area contributed by atoms with Crippen LogP contribution >= 0.6 is 0 Å². The van der Waals surface area contributed by atoms with Crippen LogP contribution in [-0.2, 0) is 17.8 Å². The summed E-state index contributed by atoms with van der Waals surface area (Å²) in [5, 5.41) is 4.71. The van der Waals surface area contributed by atoms with Crippen molar-refractivity contribution in [2.24, 2.45) is 0 Å². The molecule has 0 spiro atoms. The van der Waals surface area contributed by atoms with Crippen molar-refractivity contribution >= 4 is 0 Å². The van der Waals surface area contributed by atoms with Crippen molar-refractivity contribution in [1.29, 1.82) is 0 Å². The van der Waals surface area contributed by atoms with E-state index in [9.17, 15) is 0 Å². The zero-order chi connectivity index (χ0) is 14.5. The Morgan fingerprint density at radius 1 is 1.05 bits per heavy atom. The van der Waals surface area contributed by atoms with Crippen LogP contribution in [0.1, 0.15) is 23.0 Å². The second-order valence-corrected chi connectivity index (χ2v) is 5.92. The summed E-state index contributed by atoms with van der Waals surface area (Å²) >= 11 is 0. The summed E-state index contributed by atoms with van der Waals surface area (Å²) < 4.78 is 10.3. The maximum absolute atomic E-state index is 6.06. The van der Waals surface area contributed by atoms with Crippen LogP contribution in [0.2, 0.25) is 0 Å². The molecule has 1 aliphatic heterocycles. The van der Waals surface area contributed by atoms with Gasteiger partial charge in [-0.15, -0.1) is 0 Å². The Labute approximate surface area is 128 Å². The lowest BCUT2D eigenvalue weighted by Gasteiger charge is -2.23. The molecule has 0 unspecified atom stereocenters. The van der Waals surface area contributed by atoms with E-state index in [-0.39, 0.29) is 12.1 Å². The summed E-state index contributed by atoms with van der Waals surface area (Å²) in [6, 6.07) is 19.1. The molecule has 0 bridgehead atoms. The van der Waals surface area contributed by atoms with Crippen molar-refractivity contribution in [2.45, 2.75) is 25.2 Å². The van der Waals surface area contributed by atoms with Crippen molar-refractivity contribution in [3.63, 3.8) is 0 Å². The molecule has 0 fully saturated rings. The van der Waals surface area contributed by atoms with Gasteiger partial charge < -0.3 is 4.74 Å². The monoisotopic (exact) mass is 290 g/mol. The zero-order valence-corrected chi connectivity index (χ0v) is 12.1. The van der Waals surface area contributed by atoms with E-state index in [1.807, 2.05) is 22.9 Å². The van der Waals surface area contributed by atoms with E-state index in [2.05, 4.69) is 47.3 Å². The van der Waals surface area contributed by atoms with Crippen LogP contribution in [0.15, 0.2) is 60.9 Å². The highest BCUT2D eigenvalue weighted by Gasteiger charge is 2.43. The van der Waals surface area contributed by atoms with Crippen LogP contribution < -0.4 is 4.57 Å². The molecular formula is C18H16N3O+. The van der Waals surface area contributed by atoms with E-state index in [1.54, 1.807) is 0 Å². The van der Waals surface area contributed by atoms with Gasteiger partial charge in [-0.25, -0.2) is 4.57 Å². The van der Waals surface area contributed by atoms with Gasteiger partial charge in [0.2, 0.25) is 6.33 Å². The van der Waals surface area contributed by atoms with Gasteiger partial charge in [-0.2, -0.15) is 0 Å². The second-order valence-electron chi connectivity index (χ2n) is 5.92. The fourth-order valence-corrected chi connectivity index (χ4v) is 3.63. The van der Waals surface area contributed by atoms with E-state index >= 15 is 0 Å². The molecule has 22 heavy (non-hydrogen) atoms. The maximum atomic E-state index is 6.06. The number of nitrogens with zero attached hydrogens (tertiary/aromatic N) is 3. The summed E-state index contributed by atoms with van der Waals surface area (Å²) in [5.74, 6) is 0.988. The number of benzene rings is 2. The standard InChI is InChI=1S/C18H16N3O/c1-2-7-14(8-3-1)21-12-20-17(19-21)11-22-16-10-13-6-4-5-9-15(13)18(16)20/h1-9,12,16,18H,10-11H2/q+1/t16-,18+/m1/s1. The molecule has 5 rings (SSSR count). The van der Waals surface area contributed by atoms with Gasteiger partial charge >= 0.3 is 5.82 Å². The lowest BCUT2D eigenvalue weighted by atomic mass is 10.1. The Morgan fingerprint density at radius 3 is 2.77 bits per heavy atom. The van der Waals surface area contributed by atoms with Gasteiger partial charge in [0.1, 0.15) is 24.4 Å². The first-order valence-electron chi connectivity index (χ1n) is 7.65. The number of hydrogen-bond donors (Lipinski definition) is 0. The second kappa shape index (κ2) is 4.52. The number of fused-ring (bicyclic) bond motifs is 5. The first kappa shape index (κ1) is 12.1. The van der Waals surface area contributed by atoms with Crippen LogP contribution in [0.5, 0.6) is 0 Å². The van der Waals surface area contributed by atoms with Crippen LogP contribution in [-0.4, -0.2) is 15.9 Å². The molecule has 0 N–H and O–H groups in total. The minimum absolute atomic E-state index is 0.225. The molecule has 0 radical (unpaired) electrons. The molecule has 1 aromatic heterocycles. The first-order chi connectivity index (χ1) is 10.9. The van der Waals surface area contributed by atoms with Crippen LogP contribution in [0, 0.1) is 0 Å². The van der Waals surface area contributed by atoms with E-state index < -0.39 is 0 Å². The third-order valence-electron chi connectivity index (χ3n) is 4.65.